The van der Waals surface area contributed by atoms with Crippen LogP contribution in [0.5, 0.6) is 0 Å². The van der Waals surface area contributed by atoms with Crippen molar-refractivity contribution in [3.63, 3.8) is 0 Å². The Morgan fingerprint density at radius 3 is 2.33 bits per heavy atom. The number of amides is 3. The first-order valence-electron chi connectivity index (χ1n) is 8.19. The highest BCUT2D eigenvalue weighted by Gasteiger charge is 2.24. The molecule has 2 heterocycles. The van der Waals surface area contributed by atoms with Gasteiger partial charge in [-0.25, -0.2) is 4.79 Å². The van der Waals surface area contributed by atoms with Gasteiger partial charge in [0.05, 0.1) is 6.42 Å². The standard InChI is InChI=1S/C18H22N4O2/c23-17(13-16-7-4-8-19-16)21-9-11-22(12-10-21)18(24)20-14-15-5-2-1-3-6-15/h1-8,19H,9-14H2,(H,20,24). The lowest BCUT2D eigenvalue weighted by Crippen LogP contribution is -2.53. The van der Waals surface area contributed by atoms with Gasteiger partial charge in [0.15, 0.2) is 0 Å². The molecule has 6 heteroatoms. The van der Waals surface area contributed by atoms with Crippen molar-refractivity contribution in [2.24, 2.45) is 0 Å². The fraction of sp³-hybridized carbons (Fsp3) is 0.333. The summed E-state index contributed by atoms with van der Waals surface area (Å²) in [7, 11) is 0. The van der Waals surface area contributed by atoms with E-state index in [0.29, 0.717) is 39.1 Å². The number of aromatic nitrogens is 1. The molecule has 1 aliphatic rings. The van der Waals surface area contributed by atoms with Crippen LogP contribution in [-0.2, 0) is 17.8 Å². The van der Waals surface area contributed by atoms with E-state index in [9.17, 15) is 9.59 Å². The zero-order valence-electron chi connectivity index (χ0n) is 13.6. The summed E-state index contributed by atoms with van der Waals surface area (Å²) in [5.41, 5.74) is 1.99. The molecule has 0 aliphatic carbocycles. The van der Waals surface area contributed by atoms with Crippen molar-refractivity contribution in [1.29, 1.82) is 0 Å². The van der Waals surface area contributed by atoms with Gasteiger partial charge in [-0.3, -0.25) is 4.79 Å². The summed E-state index contributed by atoms with van der Waals surface area (Å²) in [6.45, 7) is 2.82. The molecule has 1 aromatic carbocycles. The number of rotatable bonds is 4. The summed E-state index contributed by atoms with van der Waals surface area (Å²) in [6, 6.07) is 13.5. The van der Waals surface area contributed by atoms with Crippen LogP contribution in [0.25, 0.3) is 0 Å². The number of benzene rings is 1. The Balaban J connectivity index is 1.42. The Morgan fingerprint density at radius 2 is 1.67 bits per heavy atom. The van der Waals surface area contributed by atoms with E-state index in [2.05, 4.69) is 10.3 Å². The van der Waals surface area contributed by atoms with Gasteiger partial charge in [0, 0.05) is 44.6 Å². The minimum absolute atomic E-state index is 0.0738. The molecule has 0 saturated carbocycles. The highest BCUT2D eigenvalue weighted by molar-refractivity contribution is 5.79. The Morgan fingerprint density at radius 1 is 0.958 bits per heavy atom. The molecule has 1 aromatic heterocycles. The Bertz CT molecular complexity index is 662. The van der Waals surface area contributed by atoms with Gasteiger partial charge in [-0.2, -0.15) is 0 Å². The van der Waals surface area contributed by atoms with E-state index >= 15 is 0 Å². The summed E-state index contributed by atoms with van der Waals surface area (Å²) in [5, 5.41) is 2.93. The maximum atomic E-state index is 12.2. The van der Waals surface area contributed by atoms with Crippen LogP contribution >= 0.6 is 0 Å². The average molecular weight is 326 g/mol. The van der Waals surface area contributed by atoms with Crippen LogP contribution in [-0.4, -0.2) is 52.9 Å². The smallest absolute Gasteiger partial charge is 0.317 e. The van der Waals surface area contributed by atoms with Crippen molar-refractivity contribution in [3.05, 3.63) is 59.9 Å². The van der Waals surface area contributed by atoms with Crippen molar-refractivity contribution in [3.8, 4) is 0 Å². The topological polar surface area (TPSA) is 68.4 Å². The molecule has 0 bridgehead atoms. The third-order valence-electron chi connectivity index (χ3n) is 4.21. The number of carbonyl (C=O) groups excluding carboxylic acids is 2. The van der Waals surface area contributed by atoms with Gasteiger partial charge in [-0.1, -0.05) is 30.3 Å². The summed E-state index contributed by atoms with van der Waals surface area (Å²) < 4.78 is 0. The third-order valence-corrected chi connectivity index (χ3v) is 4.21. The van der Waals surface area contributed by atoms with Gasteiger partial charge in [-0.05, 0) is 17.7 Å². The predicted molar refractivity (Wildman–Crippen MR) is 91.3 cm³/mol. The third kappa shape index (κ3) is 4.16. The number of hydrogen-bond donors (Lipinski definition) is 2. The number of nitrogens with one attached hydrogen (secondary N) is 2. The number of hydrogen-bond acceptors (Lipinski definition) is 2. The fourth-order valence-corrected chi connectivity index (χ4v) is 2.80. The summed E-state index contributed by atoms with van der Waals surface area (Å²) in [4.78, 5) is 31.1. The number of carbonyl (C=O) groups is 2. The van der Waals surface area contributed by atoms with Gasteiger partial charge in [0.2, 0.25) is 5.91 Å². The Kier molecular flexibility index (Phi) is 5.15. The minimum atomic E-state index is -0.0738. The van der Waals surface area contributed by atoms with E-state index in [4.69, 9.17) is 0 Å². The second-order valence-electron chi connectivity index (χ2n) is 5.88. The van der Waals surface area contributed by atoms with Crippen LogP contribution in [0.3, 0.4) is 0 Å². The molecule has 6 nitrogen and oxygen atoms in total. The van der Waals surface area contributed by atoms with E-state index in [1.807, 2.05) is 53.6 Å². The van der Waals surface area contributed by atoms with Gasteiger partial charge in [0.1, 0.15) is 0 Å². The minimum Gasteiger partial charge on any atom is -0.365 e. The lowest BCUT2D eigenvalue weighted by Gasteiger charge is -2.34. The predicted octanol–water partition coefficient (Wildman–Crippen LogP) is 1.61. The lowest BCUT2D eigenvalue weighted by atomic mass is 10.2. The maximum absolute atomic E-state index is 12.2. The van der Waals surface area contributed by atoms with Gasteiger partial charge < -0.3 is 20.1 Å². The highest BCUT2D eigenvalue weighted by Crippen LogP contribution is 2.06. The molecule has 3 rings (SSSR count). The van der Waals surface area contributed by atoms with Crippen LogP contribution in [0.2, 0.25) is 0 Å². The van der Waals surface area contributed by atoms with Crippen molar-refractivity contribution < 1.29 is 9.59 Å². The molecule has 126 valence electrons. The monoisotopic (exact) mass is 326 g/mol. The second-order valence-corrected chi connectivity index (χ2v) is 5.88. The van der Waals surface area contributed by atoms with Gasteiger partial charge in [0.25, 0.3) is 0 Å². The maximum Gasteiger partial charge on any atom is 0.317 e. The number of nitrogens with zero attached hydrogens (tertiary/aromatic N) is 2. The van der Waals surface area contributed by atoms with Crippen molar-refractivity contribution in [2.45, 2.75) is 13.0 Å². The molecule has 3 amide bonds. The van der Waals surface area contributed by atoms with E-state index in [-0.39, 0.29) is 11.9 Å². The van der Waals surface area contributed by atoms with E-state index < -0.39 is 0 Å². The van der Waals surface area contributed by atoms with Crippen molar-refractivity contribution in [2.75, 3.05) is 26.2 Å². The van der Waals surface area contributed by atoms with Crippen molar-refractivity contribution >= 4 is 11.9 Å². The quantitative estimate of drug-likeness (QED) is 0.896. The molecule has 0 radical (unpaired) electrons. The Labute approximate surface area is 141 Å². The normalized spacial score (nSPS) is 14.5. The average Bonchev–Trinajstić information content (AvgIpc) is 3.13. The van der Waals surface area contributed by atoms with Gasteiger partial charge >= 0.3 is 6.03 Å². The molecule has 0 spiro atoms. The first-order chi connectivity index (χ1) is 11.7. The van der Waals surface area contributed by atoms with Crippen LogP contribution in [0.1, 0.15) is 11.3 Å². The molecule has 1 aliphatic heterocycles. The van der Waals surface area contributed by atoms with Crippen LogP contribution < -0.4 is 5.32 Å². The van der Waals surface area contributed by atoms with Crippen molar-refractivity contribution in [1.82, 2.24) is 20.1 Å². The number of piperazine rings is 1. The molecule has 2 N–H and O–H groups in total. The molecular weight excluding hydrogens is 304 g/mol. The number of aromatic amines is 1. The van der Waals surface area contributed by atoms with Crippen LogP contribution in [0, 0.1) is 0 Å². The summed E-state index contributed by atoms with van der Waals surface area (Å²) >= 11 is 0. The largest absolute Gasteiger partial charge is 0.365 e. The molecule has 0 atom stereocenters. The zero-order chi connectivity index (χ0) is 16.8. The first-order valence-corrected chi connectivity index (χ1v) is 8.19. The molecule has 24 heavy (non-hydrogen) atoms. The molecule has 1 saturated heterocycles. The molecule has 1 fully saturated rings. The molecular formula is C18H22N4O2. The van der Waals surface area contributed by atoms with Gasteiger partial charge in [-0.15, -0.1) is 0 Å². The lowest BCUT2D eigenvalue weighted by molar-refractivity contribution is -0.131. The molecule has 2 aromatic rings. The van der Waals surface area contributed by atoms with Crippen LogP contribution in [0.4, 0.5) is 4.79 Å². The summed E-state index contributed by atoms with van der Waals surface area (Å²) in [5.74, 6) is 0.0989. The van der Waals surface area contributed by atoms with E-state index in [0.717, 1.165) is 11.3 Å². The molecule has 0 unspecified atom stereocenters. The second kappa shape index (κ2) is 7.68. The number of H-pyrrole nitrogens is 1. The van der Waals surface area contributed by atoms with Crippen LogP contribution in [0.15, 0.2) is 48.7 Å². The summed E-state index contributed by atoms with van der Waals surface area (Å²) in [6.07, 6.45) is 2.20. The van der Waals surface area contributed by atoms with E-state index in [1.54, 1.807) is 4.90 Å². The Hall–Kier alpha value is -2.76. The highest BCUT2D eigenvalue weighted by atomic mass is 16.2. The SMILES string of the molecule is O=C(Cc1ccc[nH]1)N1CCN(C(=O)NCc2ccccc2)CC1. The first kappa shape index (κ1) is 16.1. The number of urea groups is 1. The fourth-order valence-electron chi connectivity index (χ4n) is 2.80. The van der Waals surface area contributed by atoms with E-state index in [1.165, 1.54) is 0 Å². The zero-order valence-corrected chi connectivity index (χ0v) is 13.6.